The lowest BCUT2D eigenvalue weighted by molar-refractivity contribution is 0.00944. The summed E-state index contributed by atoms with van der Waals surface area (Å²) in [5, 5.41) is 15.8. The summed E-state index contributed by atoms with van der Waals surface area (Å²) in [6.07, 6.45) is 3.02. The van der Waals surface area contributed by atoms with E-state index in [2.05, 4.69) is 15.3 Å². The Kier molecular flexibility index (Phi) is 5.87. The van der Waals surface area contributed by atoms with Crippen molar-refractivity contribution in [1.82, 2.24) is 15.3 Å². The molecular formula is C21H23N3O3S2. The van der Waals surface area contributed by atoms with Crippen molar-refractivity contribution in [1.29, 1.82) is 0 Å². The smallest absolute Gasteiger partial charge is 0.183 e. The molecule has 3 aromatic rings. The number of Topliss-reactive ketones (excluding diaryl/α,β-unsaturated/α-hetero) is 1. The number of aromatic nitrogens is 2. The molecule has 0 atom stereocenters. The predicted molar refractivity (Wildman–Crippen MR) is 116 cm³/mol. The highest BCUT2D eigenvalue weighted by Crippen LogP contribution is 2.36. The first kappa shape index (κ1) is 20.3. The SMILES string of the molecule is COc1cnc2cc(C)nc(SCC(=O)c3ccc(C4(O)CCNCC4)s3)c2c1. The number of aliphatic hydroxyl groups is 1. The Morgan fingerprint density at radius 2 is 2.14 bits per heavy atom. The van der Waals surface area contributed by atoms with Crippen molar-refractivity contribution in [2.24, 2.45) is 0 Å². The van der Waals surface area contributed by atoms with E-state index in [4.69, 9.17) is 4.74 Å². The van der Waals surface area contributed by atoms with E-state index < -0.39 is 5.60 Å². The molecule has 8 heteroatoms. The standard InChI is InChI=1S/C21H23N3O3S2/c1-13-9-16-15(10-14(27-2)11-23-16)20(24-13)28-12-17(25)18-3-4-19(29-18)21(26)5-7-22-8-6-21/h3-4,9-11,22,26H,5-8,12H2,1-2H3. The zero-order valence-electron chi connectivity index (χ0n) is 16.4. The number of thioether (sulfide) groups is 1. The largest absolute Gasteiger partial charge is 0.495 e. The van der Waals surface area contributed by atoms with Gasteiger partial charge in [0.15, 0.2) is 5.78 Å². The molecule has 2 N–H and O–H groups in total. The predicted octanol–water partition coefficient (Wildman–Crippen LogP) is 3.55. The summed E-state index contributed by atoms with van der Waals surface area (Å²) in [5.74, 6) is 0.980. The van der Waals surface area contributed by atoms with E-state index in [0.717, 1.165) is 39.6 Å². The Bertz CT molecular complexity index is 1040. The Morgan fingerprint density at radius 1 is 1.34 bits per heavy atom. The van der Waals surface area contributed by atoms with Crippen LogP contribution in [-0.2, 0) is 5.60 Å². The third-order valence-corrected chi connectivity index (χ3v) is 7.40. The first-order valence-corrected chi connectivity index (χ1v) is 11.3. The van der Waals surface area contributed by atoms with E-state index in [1.165, 1.54) is 23.1 Å². The minimum absolute atomic E-state index is 0.0381. The molecule has 0 unspecified atom stereocenters. The summed E-state index contributed by atoms with van der Waals surface area (Å²) in [4.78, 5) is 23.4. The lowest BCUT2D eigenvalue weighted by Gasteiger charge is -2.31. The van der Waals surface area contributed by atoms with Gasteiger partial charge in [-0.25, -0.2) is 4.98 Å². The van der Waals surface area contributed by atoms with Gasteiger partial charge < -0.3 is 15.2 Å². The maximum Gasteiger partial charge on any atom is 0.183 e. The highest BCUT2D eigenvalue weighted by atomic mass is 32.2. The van der Waals surface area contributed by atoms with Gasteiger partial charge in [-0.05, 0) is 57.1 Å². The Hall–Kier alpha value is -2.00. The summed E-state index contributed by atoms with van der Waals surface area (Å²) >= 11 is 2.81. The monoisotopic (exact) mass is 429 g/mol. The van der Waals surface area contributed by atoms with Crippen molar-refractivity contribution >= 4 is 39.8 Å². The van der Waals surface area contributed by atoms with E-state index in [9.17, 15) is 9.90 Å². The summed E-state index contributed by atoms with van der Waals surface area (Å²) < 4.78 is 5.28. The number of hydrogen-bond acceptors (Lipinski definition) is 8. The average Bonchev–Trinajstić information content (AvgIpc) is 3.23. The van der Waals surface area contributed by atoms with Crippen LogP contribution in [0.4, 0.5) is 0 Å². The van der Waals surface area contributed by atoms with Crippen LogP contribution in [0.25, 0.3) is 10.9 Å². The molecule has 0 spiro atoms. The minimum Gasteiger partial charge on any atom is -0.495 e. The molecule has 0 aromatic carbocycles. The Labute approximate surface area is 177 Å². The maximum absolute atomic E-state index is 12.8. The summed E-state index contributed by atoms with van der Waals surface area (Å²) in [6, 6.07) is 7.54. The van der Waals surface area contributed by atoms with Gasteiger partial charge in [0.25, 0.3) is 0 Å². The topological polar surface area (TPSA) is 84.3 Å². The first-order valence-electron chi connectivity index (χ1n) is 9.49. The number of pyridine rings is 2. The van der Waals surface area contributed by atoms with Crippen LogP contribution in [0.1, 0.15) is 33.1 Å². The normalized spacial score (nSPS) is 16.1. The summed E-state index contributed by atoms with van der Waals surface area (Å²) in [7, 11) is 1.60. The fourth-order valence-corrected chi connectivity index (χ4v) is 5.58. The molecule has 1 aliphatic rings. The van der Waals surface area contributed by atoms with Crippen molar-refractivity contribution in [3.05, 3.63) is 45.9 Å². The number of carbonyl (C=O) groups excluding carboxylic acids is 1. The van der Waals surface area contributed by atoms with Crippen LogP contribution >= 0.6 is 23.1 Å². The van der Waals surface area contributed by atoms with Crippen molar-refractivity contribution in [2.75, 3.05) is 26.0 Å². The lowest BCUT2D eigenvalue weighted by atomic mass is 9.91. The Balaban J connectivity index is 1.52. The van der Waals surface area contributed by atoms with Gasteiger partial charge in [0.2, 0.25) is 0 Å². The van der Waals surface area contributed by atoms with Crippen LogP contribution < -0.4 is 10.1 Å². The van der Waals surface area contributed by atoms with Crippen LogP contribution in [0.2, 0.25) is 0 Å². The number of ketones is 1. The summed E-state index contributed by atoms with van der Waals surface area (Å²) in [5.41, 5.74) is 0.870. The molecule has 0 amide bonds. The van der Waals surface area contributed by atoms with Gasteiger partial charge in [-0.15, -0.1) is 11.3 Å². The van der Waals surface area contributed by atoms with Gasteiger partial charge in [0, 0.05) is 16.0 Å². The van der Waals surface area contributed by atoms with Crippen LogP contribution in [0.5, 0.6) is 5.75 Å². The number of methoxy groups -OCH3 is 1. The molecule has 29 heavy (non-hydrogen) atoms. The number of piperidine rings is 1. The second kappa shape index (κ2) is 8.39. The third-order valence-electron chi connectivity index (χ3n) is 5.09. The summed E-state index contributed by atoms with van der Waals surface area (Å²) in [6.45, 7) is 3.50. The lowest BCUT2D eigenvalue weighted by Crippen LogP contribution is -2.39. The van der Waals surface area contributed by atoms with Crippen LogP contribution in [0.3, 0.4) is 0 Å². The number of rotatable bonds is 6. The van der Waals surface area contributed by atoms with E-state index >= 15 is 0 Å². The molecular weight excluding hydrogens is 406 g/mol. The van der Waals surface area contributed by atoms with Gasteiger partial charge in [-0.2, -0.15) is 0 Å². The van der Waals surface area contributed by atoms with Crippen molar-refractivity contribution in [3.8, 4) is 5.75 Å². The van der Waals surface area contributed by atoms with E-state index in [-0.39, 0.29) is 11.5 Å². The molecule has 0 radical (unpaired) electrons. The molecule has 4 heterocycles. The zero-order valence-corrected chi connectivity index (χ0v) is 18.0. The van der Waals surface area contributed by atoms with Gasteiger partial charge in [-0.3, -0.25) is 9.78 Å². The third kappa shape index (κ3) is 4.30. The quantitative estimate of drug-likeness (QED) is 0.458. The number of nitrogens with zero attached hydrogens (tertiary/aromatic N) is 2. The molecule has 1 fully saturated rings. The second-order valence-corrected chi connectivity index (χ2v) is 9.22. The van der Waals surface area contributed by atoms with Gasteiger partial charge in [0.05, 0.1) is 29.5 Å². The molecule has 0 aliphatic carbocycles. The number of fused-ring (bicyclic) bond motifs is 1. The number of nitrogens with one attached hydrogen (secondary N) is 1. The van der Waals surface area contributed by atoms with E-state index in [1.807, 2.05) is 31.2 Å². The second-order valence-electron chi connectivity index (χ2n) is 7.17. The molecule has 1 aliphatic heterocycles. The average molecular weight is 430 g/mol. The fourth-order valence-electron chi connectivity index (χ4n) is 3.44. The van der Waals surface area contributed by atoms with Crippen LogP contribution in [-0.4, -0.2) is 46.8 Å². The van der Waals surface area contributed by atoms with Crippen LogP contribution in [0, 0.1) is 6.92 Å². The van der Waals surface area contributed by atoms with Crippen molar-refractivity contribution < 1.29 is 14.6 Å². The van der Waals surface area contributed by atoms with Crippen LogP contribution in [0.15, 0.2) is 35.5 Å². The van der Waals surface area contributed by atoms with Gasteiger partial charge in [0.1, 0.15) is 16.4 Å². The molecule has 6 nitrogen and oxygen atoms in total. The minimum atomic E-state index is -0.821. The maximum atomic E-state index is 12.8. The fraction of sp³-hybridized carbons (Fsp3) is 0.381. The van der Waals surface area contributed by atoms with Crippen molar-refractivity contribution in [2.45, 2.75) is 30.4 Å². The molecule has 4 rings (SSSR count). The number of ether oxygens (including phenoxy) is 1. The zero-order chi connectivity index (χ0) is 20.4. The van der Waals surface area contributed by atoms with E-state index in [0.29, 0.717) is 23.5 Å². The molecule has 0 saturated carbocycles. The molecule has 3 aromatic heterocycles. The van der Waals surface area contributed by atoms with Crippen molar-refractivity contribution in [3.63, 3.8) is 0 Å². The van der Waals surface area contributed by atoms with Gasteiger partial charge in [-0.1, -0.05) is 11.8 Å². The number of hydrogen-bond donors (Lipinski definition) is 2. The van der Waals surface area contributed by atoms with E-state index in [1.54, 1.807) is 13.3 Å². The highest BCUT2D eigenvalue weighted by Gasteiger charge is 2.33. The van der Waals surface area contributed by atoms with Gasteiger partial charge >= 0.3 is 0 Å². The number of thiophene rings is 1. The first-order chi connectivity index (χ1) is 14.0. The molecule has 0 bridgehead atoms. The Morgan fingerprint density at radius 3 is 2.90 bits per heavy atom. The molecule has 152 valence electrons. The number of carbonyl (C=O) groups is 1. The molecule has 1 saturated heterocycles. The highest BCUT2D eigenvalue weighted by molar-refractivity contribution is 8.00. The number of aryl methyl sites for hydroxylation is 1.